The van der Waals surface area contributed by atoms with Gasteiger partial charge < -0.3 is 5.32 Å². The molecule has 0 atom stereocenters. The molecule has 0 saturated carbocycles. The number of nitrogens with one attached hydrogen (secondary N) is 2. The molecule has 0 unspecified atom stereocenters. The number of thiocarbonyl (C=S) groups is 1. The fraction of sp³-hybridized carbons (Fsp3) is 0.600. The van der Waals surface area contributed by atoms with E-state index in [1.807, 2.05) is 0 Å². The van der Waals surface area contributed by atoms with Gasteiger partial charge in [-0.1, -0.05) is 76.8 Å². The molecule has 0 aliphatic heterocycles. The summed E-state index contributed by atoms with van der Waals surface area (Å²) < 4.78 is 0. The van der Waals surface area contributed by atoms with Crippen molar-refractivity contribution in [3.8, 4) is 0 Å². The lowest BCUT2D eigenvalue weighted by atomic mass is 10.1. The lowest BCUT2D eigenvalue weighted by Gasteiger charge is -2.07. The van der Waals surface area contributed by atoms with Gasteiger partial charge >= 0.3 is 0 Å². The van der Waals surface area contributed by atoms with Crippen molar-refractivity contribution < 1.29 is 4.92 Å². The zero-order chi connectivity index (χ0) is 19.7. The van der Waals surface area contributed by atoms with Crippen LogP contribution in [0.4, 0.5) is 5.69 Å². The summed E-state index contributed by atoms with van der Waals surface area (Å²) in [6, 6.07) is 6.45. The van der Waals surface area contributed by atoms with Crippen molar-refractivity contribution in [1.82, 2.24) is 10.7 Å². The third-order valence-electron chi connectivity index (χ3n) is 4.32. The third kappa shape index (κ3) is 11.3. The van der Waals surface area contributed by atoms with E-state index in [-0.39, 0.29) is 5.69 Å². The molecule has 1 aromatic rings. The molecule has 0 aromatic heterocycles. The van der Waals surface area contributed by atoms with Gasteiger partial charge in [0.05, 0.1) is 16.7 Å². The van der Waals surface area contributed by atoms with Crippen molar-refractivity contribution in [1.29, 1.82) is 0 Å². The Bertz CT molecular complexity index is 593. The Labute approximate surface area is 168 Å². The molecule has 7 heteroatoms. The largest absolute Gasteiger partial charge is 0.361 e. The number of unbranched alkanes of at least 4 members (excludes halogenated alkanes) is 9. The summed E-state index contributed by atoms with van der Waals surface area (Å²) in [7, 11) is 0. The van der Waals surface area contributed by atoms with Gasteiger partial charge in [0.25, 0.3) is 5.69 Å². The van der Waals surface area contributed by atoms with E-state index >= 15 is 0 Å². The minimum absolute atomic E-state index is 0.0206. The van der Waals surface area contributed by atoms with Crippen molar-refractivity contribution in [3.63, 3.8) is 0 Å². The van der Waals surface area contributed by atoms with Crippen LogP contribution in [0.1, 0.15) is 76.7 Å². The molecular formula is C20H32N4O2S. The predicted molar refractivity (Wildman–Crippen MR) is 116 cm³/mol. The fourth-order valence-electron chi connectivity index (χ4n) is 2.78. The minimum Gasteiger partial charge on any atom is -0.361 e. The number of benzene rings is 1. The lowest BCUT2D eigenvalue weighted by molar-refractivity contribution is -0.385. The van der Waals surface area contributed by atoms with Crippen LogP contribution >= 0.6 is 12.2 Å². The smallest absolute Gasteiger partial charge is 0.278 e. The van der Waals surface area contributed by atoms with Crippen molar-refractivity contribution in [3.05, 3.63) is 39.9 Å². The summed E-state index contributed by atoms with van der Waals surface area (Å²) in [5, 5.41) is 18.4. The van der Waals surface area contributed by atoms with Gasteiger partial charge in [-0.25, -0.2) is 0 Å². The van der Waals surface area contributed by atoms with Gasteiger partial charge in [-0.3, -0.25) is 15.5 Å². The average molecular weight is 393 g/mol. The van der Waals surface area contributed by atoms with Crippen LogP contribution in [0.25, 0.3) is 0 Å². The van der Waals surface area contributed by atoms with Gasteiger partial charge in [-0.15, -0.1) is 0 Å². The van der Waals surface area contributed by atoms with E-state index in [0.29, 0.717) is 10.7 Å². The Balaban J connectivity index is 2.06. The first-order valence-corrected chi connectivity index (χ1v) is 10.4. The van der Waals surface area contributed by atoms with Gasteiger partial charge in [0.15, 0.2) is 5.11 Å². The molecule has 0 heterocycles. The number of hydrazone groups is 1. The Morgan fingerprint density at radius 2 is 1.67 bits per heavy atom. The van der Waals surface area contributed by atoms with Gasteiger partial charge in [0.2, 0.25) is 0 Å². The first-order valence-electron chi connectivity index (χ1n) is 9.95. The Kier molecular flexibility index (Phi) is 12.9. The molecule has 2 N–H and O–H groups in total. The van der Waals surface area contributed by atoms with Crippen LogP contribution in [-0.2, 0) is 0 Å². The normalized spacial score (nSPS) is 10.9. The summed E-state index contributed by atoms with van der Waals surface area (Å²) in [5.74, 6) is 0. The van der Waals surface area contributed by atoms with Crippen LogP contribution in [0.15, 0.2) is 29.4 Å². The van der Waals surface area contributed by atoms with E-state index in [0.717, 1.165) is 13.0 Å². The number of rotatable bonds is 14. The second-order valence-corrected chi connectivity index (χ2v) is 7.03. The maximum atomic E-state index is 10.9. The van der Waals surface area contributed by atoms with E-state index < -0.39 is 4.92 Å². The first-order chi connectivity index (χ1) is 13.1. The molecule has 0 amide bonds. The molecule has 0 aliphatic carbocycles. The Hall–Kier alpha value is -2.02. The van der Waals surface area contributed by atoms with Crippen LogP contribution in [0.2, 0.25) is 0 Å². The molecular weight excluding hydrogens is 360 g/mol. The van der Waals surface area contributed by atoms with E-state index in [4.69, 9.17) is 12.2 Å². The third-order valence-corrected chi connectivity index (χ3v) is 4.55. The zero-order valence-electron chi connectivity index (χ0n) is 16.3. The molecule has 0 bridgehead atoms. The van der Waals surface area contributed by atoms with Crippen molar-refractivity contribution in [2.75, 3.05) is 6.54 Å². The van der Waals surface area contributed by atoms with Gasteiger partial charge in [-0.2, -0.15) is 5.10 Å². The Morgan fingerprint density at radius 3 is 2.30 bits per heavy atom. The highest BCUT2D eigenvalue weighted by atomic mass is 32.1. The monoisotopic (exact) mass is 392 g/mol. The van der Waals surface area contributed by atoms with Crippen molar-refractivity contribution in [2.24, 2.45) is 5.10 Å². The number of nitro groups is 1. The van der Waals surface area contributed by atoms with Crippen LogP contribution in [0, 0.1) is 10.1 Å². The molecule has 0 fully saturated rings. The highest BCUT2D eigenvalue weighted by molar-refractivity contribution is 7.80. The second kappa shape index (κ2) is 15.1. The quantitative estimate of drug-likeness (QED) is 0.147. The van der Waals surface area contributed by atoms with Crippen LogP contribution in [-0.4, -0.2) is 22.8 Å². The number of hydrogen-bond acceptors (Lipinski definition) is 4. The van der Waals surface area contributed by atoms with E-state index in [9.17, 15) is 10.1 Å². The van der Waals surface area contributed by atoms with Crippen LogP contribution < -0.4 is 10.7 Å². The number of hydrogen-bond donors (Lipinski definition) is 2. The number of para-hydroxylation sites is 1. The van der Waals surface area contributed by atoms with E-state index in [2.05, 4.69) is 22.8 Å². The van der Waals surface area contributed by atoms with Crippen molar-refractivity contribution >= 4 is 29.2 Å². The van der Waals surface area contributed by atoms with Gasteiger partial charge in [0, 0.05) is 12.6 Å². The molecule has 150 valence electrons. The van der Waals surface area contributed by atoms with E-state index in [1.54, 1.807) is 18.2 Å². The van der Waals surface area contributed by atoms with Gasteiger partial charge in [-0.05, 0) is 24.7 Å². The standard InChI is InChI=1S/C20H32N4O2S/c1-2-3-4-5-6-7-8-9-10-13-16-21-20(27)23-22-17-18-14-11-12-15-19(18)24(25)26/h11-12,14-15,17H,2-10,13,16H2,1H3,(H2,21,23,27). The zero-order valence-corrected chi connectivity index (χ0v) is 17.1. The Morgan fingerprint density at radius 1 is 1.07 bits per heavy atom. The van der Waals surface area contributed by atoms with E-state index in [1.165, 1.54) is 70.1 Å². The summed E-state index contributed by atoms with van der Waals surface area (Å²) >= 11 is 5.15. The molecule has 27 heavy (non-hydrogen) atoms. The van der Waals surface area contributed by atoms with Crippen molar-refractivity contribution in [2.45, 2.75) is 71.1 Å². The molecule has 0 spiro atoms. The molecule has 0 saturated heterocycles. The highest BCUT2D eigenvalue weighted by Gasteiger charge is 2.09. The molecule has 6 nitrogen and oxygen atoms in total. The van der Waals surface area contributed by atoms with Gasteiger partial charge in [0.1, 0.15) is 0 Å². The SMILES string of the molecule is CCCCCCCCCCCCNC(=S)NN=Cc1ccccc1[N+](=O)[O-]. The predicted octanol–water partition coefficient (Wildman–Crippen LogP) is 5.31. The molecule has 1 rings (SSSR count). The maximum absolute atomic E-state index is 10.9. The summed E-state index contributed by atoms with van der Waals surface area (Å²) in [6.45, 7) is 3.06. The maximum Gasteiger partial charge on any atom is 0.278 e. The summed E-state index contributed by atoms with van der Waals surface area (Å²) in [6.07, 6.45) is 14.4. The second-order valence-electron chi connectivity index (χ2n) is 6.62. The molecule has 0 aliphatic rings. The molecule has 1 aromatic carbocycles. The average Bonchev–Trinajstić information content (AvgIpc) is 2.66. The topological polar surface area (TPSA) is 79.6 Å². The highest BCUT2D eigenvalue weighted by Crippen LogP contribution is 2.15. The van der Waals surface area contributed by atoms with Crippen LogP contribution in [0.3, 0.4) is 0 Å². The lowest BCUT2D eigenvalue weighted by Crippen LogP contribution is -2.32. The first kappa shape index (κ1) is 23.0. The van der Waals surface area contributed by atoms with Crippen LogP contribution in [0.5, 0.6) is 0 Å². The fourth-order valence-corrected chi connectivity index (χ4v) is 2.93. The number of nitro benzene ring substituents is 1. The summed E-state index contributed by atoms with van der Waals surface area (Å²) in [4.78, 5) is 10.5. The summed E-state index contributed by atoms with van der Waals surface area (Å²) in [5.41, 5.74) is 3.16. The number of nitrogens with zero attached hydrogens (tertiary/aromatic N) is 2. The minimum atomic E-state index is -0.427. The molecule has 0 radical (unpaired) electrons.